The van der Waals surface area contributed by atoms with E-state index in [-0.39, 0.29) is 41.0 Å². The number of amides is 3. The number of nitrogens with two attached hydrogens (primary N) is 1. The molecule has 0 aliphatic carbocycles. The molecule has 162 valence electrons. The number of rotatable bonds is 6. The largest absolute Gasteiger partial charge is 0.475 e. The number of aromatic nitrogens is 2. The Labute approximate surface area is 171 Å². The Morgan fingerprint density at radius 1 is 1.10 bits per heavy atom. The second-order valence-corrected chi connectivity index (χ2v) is 6.17. The lowest BCUT2D eigenvalue weighted by molar-refractivity contribution is -0.137. The number of hydrogen-bond acceptors (Lipinski definition) is 5. The second-order valence-electron chi connectivity index (χ2n) is 6.17. The normalized spacial score (nSPS) is 11.2. The van der Waals surface area contributed by atoms with Crippen LogP contribution in [-0.4, -0.2) is 33.0 Å². The zero-order valence-corrected chi connectivity index (χ0v) is 15.4. The first-order valence-corrected chi connectivity index (χ1v) is 8.49. The SMILES string of the molecule is NC(=O)c1nc(Cc2ccc(C(=O)O)o2)[nH]c1NC(=O)Nc1ccc(C(F)(F)F)cc1. The van der Waals surface area contributed by atoms with E-state index in [1.54, 1.807) is 0 Å². The van der Waals surface area contributed by atoms with Crippen molar-refractivity contribution in [2.45, 2.75) is 12.6 Å². The number of benzene rings is 1. The third-order valence-corrected chi connectivity index (χ3v) is 3.91. The Morgan fingerprint density at radius 3 is 2.32 bits per heavy atom. The first-order valence-electron chi connectivity index (χ1n) is 8.49. The van der Waals surface area contributed by atoms with Gasteiger partial charge in [0.25, 0.3) is 5.91 Å². The van der Waals surface area contributed by atoms with E-state index in [2.05, 4.69) is 20.6 Å². The van der Waals surface area contributed by atoms with E-state index in [9.17, 15) is 27.6 Å². The van der Waals surface area contributed by atoms with Gasteiger partial charge in [0.05, 0.1) is 12.0 Å². The Hall–Kier alpha value is -4.29. The first kappa shape index (κ1) is 21.4. The van der Waals surface area contributed by atoms with Crippen LogP contribution in [0.1, 0.15) is 38.2 Å². The lowest BCUT2D eigenvalue weighted by Gasteiger charge is -2.09. The Balaban J connectivity index is 1.71. The third kappa shape index (κ3) is 5.20. The molecule has 3 aromatic rings. The molecular formula is C18H14F3N5O5. The highest BCUT2D eigenvalue weighted by Gasteiger charge is 2.30. The first-order chi connectivity index (χ1) is 14.5. The summed E-state index contributed by atoms with van der Waals surface area (Å²) in [4.78, 5) is 41.2. The van der Waals surface area contributed by atoms with Crippen molar-refractivity contribution in [3.63, 3.8) is 0 Å². The molecule has 2 aromatic heterocycles. The molecule has 0 aliphatic heterocycles. The van der Waals surface area contributed by atoms with E-state index in [1.807, 2.05) is 0 Å². The summed E-state index contributed by atoms with van der Waals surface area (Å²) >= 11 is 0. The van der Waals surface area contributed by atoms with Crippen molar-refractivity contribution in [2.75, 3.05) is 10.6 Å². The highest BCUT2D eigenvalue weighted by atomic mass is 19.4. The van der Waals surface area contributed by atoms with E-state index < -0.39 is 29.6 Å². The van der Waals surface area contributed by atoms with Gasteiger partial charge in [-0.3, -0.25) is 10.1 Å². The molecule has 0 atom stereocenters. The number of carbonyl (C=O) groups is 3. The number of carboxylic acid groups (broad SMARTS) is 1. The predicted octanol–water partition coefficient (Wildman–Crippen LogP) is 3.05. The maximum Gasteiger partial charge on any atom is 0.416 e. The molecular weight excluding hydrogens is 423 g/mol. The van der Waals surface area contributed by atoms with Gasteiger partial charge in [-0.25, -0.2) is 14.6 Å². The van der Waals surface area contributed by atoms with Gasteiger partial charge < -0.3 is 25.6 Å². The number of alkyl halides is 3. The van der Waals surface area contributed by atoms with Gasteiger partial charge in [0, 0.05) is 5.69 Å². The van der Waals surface area contributed by atoms with Crippen molar-refractivity contribution in [2.24, 2.45) is 5.73 Å². The van der Waals surface area contributed by atoms with Crippen LogP contribution in [0, 0.1) is 0 Å². The molecule has 0 unspecified atom stereocenters. The minimum atomic E-state index is -4.51. The van der Waals surface area contributed by atoms with E-state index in [0.29, 0.717) is 0 Å². The number of imidazole rings is 1. The number of H-pyrrole nitrogens is 1. The fraction of sp³-hybridized carbons (Fsp3) is 0.111. The number of furan rings is 1. The molecule has 0 aliphatic rings. The number of hydrogen-bond donors (Lipinski definition) is 5. The van der Waals surface area contributed by atoms with E-state index in [0.717, 1.165) is 24.3 Å². The van der Waals surface area contributed by atoms with Crippen LogP contribution in [0.2, 0.25) is 0 Å². The van der Waals surface area contributed by atoms with Crippen LogP contribution in [0.5, 0.6) is 0 Å². The number of urea groups is 1. The second kappa shape index (κ2) is 8.22. The monoisotopic (exact) mass is 437 g/mol. The van der Waals surface area contributed by atoms with Gasteiger partial charge in [0.1, 0.15) is 17.4 Å². The molecule has 3 rings (SSSR count). The third-order valence-electron chi connectivity index (χ3n) is 3.91. The van der Waals surface area contributed by atoms with Gasteiger partial charge in [-0.2, -0.15) is 13.2 Å². The number of primary amides is 1. The molecule has 3 amide bonds. The van der Waals surface area contributed by atoms with Gasteiger partial charge in [-0.15, -0.1) is 0 Å². The fourth-order valence-corrected chi connectivity index (χ4v) is 2.55. The van der Waals surface area contributed by atoms with Crippen LogP contribution in [-0.2, 0) is 12.6 Å². The number of carboxylic acids is 1. The zero-order chi connectivity index (χ0) is 22.8. The summed E-state index contributed by atoms with van der Waals surface area (Å²) in [6.45, 7) is 0. The number of nitrogens with one attached hydrogen (secondary N) is 3. The van der Waals surface area contributed by atoms with Crippen molar-refractivity contribution in [1.29, 1.82) is 0 Å². The van der Waals surface area contributed by atoms with Crippen LogP contribution in [0.15, 0.2) is 40.8 Å². The maximum absolute atomic E-state index is 12.6. The van der Waals surface area contributed by atoms with E-state index in [4.69, 9.17) is 15.3 Å². The van der Waals surface area contributed by atoms with E-state index >= 15 is 0 Å². The van der Waals surface area contributed by atoms with Crippen molar-refractivity contribution in [1.82, 2.24) is 9.97 Å². The van der Waals surface area contributed by atoms with Crippen molar-refractivity contribution >= 4 is 29.4 Å². The van der Waals surface area contributed by atoms with Gasteiger partial charge in [-0.1, -0.05) is 0 Å². The number of carbonyl (C=O) groups excluding carboxylic acids is 2. The Bertz CT molecular complexity index is 1130. The number of aromatic amines is 1. The predicted molar refractivity (Wildman–Crippen MR) is 99.7 cm³/mol. The van der Waals surface area contributed by atoms with Crippen molar-refractivity contribution < 1.29 is 37.1 Å². The minimum Gasteiger partial charge on any atom is -0.475 e. The molecule has 10 nitrogen and oxygen atoms in total. The zero-order valence-electron chi connectivity index (χ0n) is 15.4. The number of halogens is 3. The molecule has 13 heteroatoms. The lowest BCUT2D eigenvalue weighted by Crippen LogP contribution is -2.22. The van der Waals surface area contributed by atoms with E-state index in [1.165, 1.54) is 12.1 Å². The van der Waals surface area contributed by atoms with Crippen LogP contribution >= 0.6 is 0 Å². The van der Waals surface area contributed by atoms with Crippen LogP contribution in [0.3, 0.4) is 0 Å². The van der Waals surface area contributed by atoms with Gasteiger partial charge >= 0.3 is 18.2 Å². The average molecular weight is 437 g/mol. The van der Waals surface area contributed by atoms with Crippen molar-refractivity contribution in [3.8, 4) is 0 Å². The summed E-state index contributed by atoms with van der Waals surface area (Å²) in [5, 5.41) is 13.5. The van der Waals surface area contributed by atoms with Crippen molar-refractivity contribution in [3.05, 3.63) is 65.0 Å². The van der Waals surface area contributed by atoms with Crippen LogP contribution in [0.25, 0.3) is 0 Å². The molecule has 0 fully saturated rings. The smallest absolute Gasteiger partial charge is 0.416 e. The minimum absolute atomic E-state index is 0.0320. The molecule has 1 aromatic carbocycles. The quantitative estimate of drug-likeness (QED) is 0.398. The summed E-state index contributed by atoms with van der Waals surface area (Å²) in [7, 11) is 0. The molecule has 0 bridgehead atoms. The number of anilines is 2. The summed E-state index contributed by atoms with van der Waals surface area (Å²) in [5.41, 5.74) is 4.14. The summed E-state index contributed by atoms with van der Waals surface area (Å²) < 4.78 is 42.9. The topological polar surface area (TPSA) is 163 Å². The highest BCUT2D eigenvalue weighted by molar-refractivity contribution is 6.04. The summed E-state index contributed by atoms with van der Waals surface area (Å²) in [6.07, 6.45) is -4.54. The van der Waals surface area contributed by atoms with Gasteiger partial charge in [0.15, 0.2) is 5.69 Å². The average Bonchev–Trinajstić information content (AvgIpc) is 3.29. The molecule has 0 spiro atoms. The van der Waals surface area contributed by atoms with Crippen LogP contribution < -0.4 is 16.4 Å². The fourth-order valence-electron chi connectivity index (χ4n) is 2.55. The molecule has 2 heterocycles. The standard InChI is InChI=1S/C18H14F3N5O5/c19-18(20,21)8-1-3-9(4-2-8)23-17(30)26-15-13(14(22)27)24-12(25-15)7-10-5-6-11(31-10)16(28)29/h1-6H,7H2,(H2,22,27)(H,24,25)(H,28,29)(H2,23,26,30). The van der Waals surface area contributed by atoms with Gasteiger partial charge in [0.2, 0.25) is 5.76 Å². The molecule has 0 saturated heterocycles. The molecule has 31 heavy (non-hydrogen) atoms. The highest BCUT2D eigenvalue weighted by Crippen LogP contribution is 2.29. The number of nitrogens with zero attached hydrogens (tertiary/aromatic N) is 1. The molecule has 0 radical (unpaired) electrons. The molecule has 6 N–H and O–H groups in total. The molecule has 0 saturated carbocycles. The summed E-state index contributed by atoms with van der Waals surface area (Å²) in [6, 6.07) is 5.50. The Morgan fingerprint density at radius 2 is 1.77 bits per heavy atom. The summed E-state index contributed by atoms with van der Waals surface area (Å²) in [5.74, 6) is -2.29. The lowest BCUT2D eigenvalue weighted by atomic mass is 10.2. The maximum atomic E-state index is 12.6. The number of aromatic carboxylic acids is 1. The Kier molecular flexibility index (Phi) is 5.68. The van der Waals surface area contributed by atoms with Gasteiger partial charge in [-0.05, 0) is 36.4 Å². The van der Waals surface area contributed by atoms with Crippen LogP contribution in [0.4, 0.5) is 29.5 Å².